The molecule has 148 heavy (non-hydrogen) atoms. The summed E-state index contributed by atoms with van der Waals surface area (Å²) >= 11 is 3.40. The summed E-state index contributed by atoms with van der Waals surface area (Å²) in [6, 6.07) is 165. The van der Waals surface area contributed by atoms with Crippen molar-refractivity contribution < 1.29 is 8.83 Å². The van der Waals surface area contributed by atoms with E-state index in [1.165, 1.54) is 208 Å². The zero-order valence-corrected chi connectivity index (χ0v) is 81.3. The SMILES string of the molecule is c1cc(-c2ccc3c(ccc4cc(-c5cccc6ncoc56)ccc43)c2)c2ocnc2c1.c1cc(-c2ccc3ncccc3c2)cc(-c2ccc3c(ccc4cc(-c5cccc(-c6ccc7ncccc7c6)c5)ccc43)c2)c1.c1ccc2c(c1)ccc1cc(-c3ccc4ncncc4c3)ccc12.c1ccc2c(c1)ccc1cc(-c3ccc4ncsc4c3)ccc12.c1ccc2c(c1)ccc1cc(-c3cccc4ncsc34)ccc12. The topological polar surface area (TPSA) is 129 Å². The maximum Gasteiger partial charge on any atom is 0.182 e. The van der Waals surface area contributed by atoms with Gasteiger partial charge >= 0.3 is 0 Å². The summed E-state index contributed by atoms with van der Waals surface area (Å²) in [5.41, 5.74) is 33.8. The number of aromatic nitrogens is 8. The Hall–Kier alpha value is -19.2. The lowest BCUT2D eigenvalue weighted by atomic mass is 9.93. The van der Waals surface area contributed by atoms with Crippen LogP contribution in [0.3, 0.4) is 0 Å². The number of thiazole rings is 2. The molecule has 0 saturated carbocycles. The molecule has 0 saturated heterocycles. The van der Waals surface area contributed by atoms with Gasteiger partial charge in [0.15, 0.2) is 24.0 Å². The van der Waals surface area contributed by atoms with Gasteiger partial charge in [0, 0.05) is 51.4 Å². The second kappa shape index (κ2) is 37.9. The minimum atomic E-state index is 0.818. The van der Waals surface area contributed by atoms with E-state index in [4.69, 9.17) is 8.83 Å². The molecule has 0 spiro atoms. The van der Waals surface area contributed by atoms with Crippen LogP contribution in [-0.2, 0) is 0 Å². The van der Waals surface area contributed by atoms with Crippen LogP contribution in [0.2, 0.25) is 0 Å². The van der Waals surface area contributed by atoms with Crippen molar-refractivity contribution in [1.29, 1.82) is 0 Å². The Labute approximate surface area is 857 Å². The fourth-order valence-electron chi connectivity index (χ4n) is 21.2. The van der Waals surface area contributed by atoms with Crippen molar-refractivity contribution in [3.8, 4) is 100 Å². The number of nitrogens with zero attached hydrogens (tertiary/aromatic N) is 8. The second-order valence-electron chi connectivity index (χ2n) is 37.4. The standard InChI is InChI=1S/C44H28N2.C28H16N2O2.C22H14N2.2C21H13NS/c1-5-29(23-31(7-1)35-15-19-43-39(27-35)9-3-21-45-43)33-13-17-41-37(25-33)11-12-38-26-34(14-18-42(38)41)30-6-2-8-32(24-30)36-16-20-44-40(28-36)10-4-22-46-44;1-3-23(27-25(5-1)29-15-31-27)19-9-11-21-17(13-19)7-8-18-14-20(10-12-22(18)21)24-4-2-6-26-28(24)32-16-30-26;1-2-4-20-15(3-1)5-6-18-11-16(7-9-21(18)20)17-8-10-22-19(12-17)13-23-14-24-22;1-2-5-17-14(4-1)8-9-15-12-16(10-11-18(15)17)19-6-3-7-20-21(19)23-13-22-20;1-2-4-18-14(3-1)5-6-17-11-15(7-9-19(17)18)16-8-10-20-21(12-16)23-13-22-20/h1-28H;1-16H;1-14H;2*1-13H. The molecule has 7 aromatic heterocycles. The molecule has 31 rings (SSSR count). The quantitative estimate of drug-likeness (QED) is 0.129. The Balaban J connectivity index is 0.0000000941. The smallest absolute Gasteiger partial charge is 0.182 e. The Bertz CT molecular complexity index is 10400. The molecule has 0 aliphatic rings. The van der Waals surface area contributed by atoms with Gasteiger partial charge in [0.1, 0.15) is 17.4 Å². The van der Waals surface area contributed by atoms with Gasteiger partial charge in [-0.3, -0.25) is 9.97 Å². The van der Waals surface area contributed by atoms with E-state index in [9.17, 15) is 0 Å². The summed E-state index contributed by atoms with van der Waals surface area (Å²) < 4.78 is 13.8. The van der Waals surface area contributed by atoms with Gasteiger partial charge in [-0.2, -0.15) is 0 Å². The maximum atomic E-state index is 5.64. The first-order valence-electron chi connectivity index (χ1n) is 49.4. The molecule has 0 bridgehead atoms. The summed E-state index contributed by atoms with van der Waals surface area (Å²) in [5.74, 6) is 0. The van der Waals surface area contributed by atoms with E-state index in [0.717, 1.165) is 88.2 Å². The molecule has 12 heteroatoms. The Morgan fingerprint density at radius 2 is 0.466 bits per heavy atom. The van der Waals surface area contributed by atoms with Crippen LogP contribution in [-0.4, -0.2) is 39.9 Å². The largest absolute Gasteiger partial charge is 0.443 e. The van der Waals surface area contributed by atoms with Crippen LogP contribution in [0.4, 0.5) is 0 Å². The monoisotopic (exact) mass is 1920 g/mol. The van der Waals surface area contributed by atoms with Gasteiger partial charge in [0.2, 0.25) is 0 Å². The number of rotatable bonds is 9. The number of hydrogen-bond donors (Lipinski definition) is 0. The number of pyridine rings is 2. The third kappa shape index (κ3) is 16.9. The first-order chi connectivity index (χ1) is 73.3. The minimum Gasteiger partial charge on any atom is -0.443 e. The molecule has 0 fully saturated rings. The fourth-order valence-corrected chi connectivity index (χ4v) is 22.8. The van der Waals surface area contributed by atoms with E-state index >= 15 is 0 Å². The van der Waals surface area contributed by atoms with Gasteiger partial charge < -0.3 is 8.83 Å². The molecule has 24 aromatic carbocycles. The number of hydrogen-bond acceptors (Lipinski definition) is 12. The summed E-state index contributed by atoms with van der Waals surface area (Å²) in [7, 11) is 0. The first kappa shape index (κ1) is 87.8. The third-order valence-corrected chi connectivity index (χ3v) is 30.3. The molecule has 7 heterocycles. The molecular formula is C136H84N8O2S2. The highest BCUT2D eigenvalue weighted by atomic mass is 32.1. The van der Waals surface area contributed by atoms with Gasteiger partial charge in [-0.25, -0.2) is 29.9 Å². The van der Waals surface area contributed by atoms with Crippen molar-refractivity contribution >= 4 is 206 Å². The average Bonchev–Trinajstić information content (AvgIpc) is 1.12. The highest BCUT2D eigenvalue weighted by molar-refractivity contribution is 7.17. The van der Waals surface area contributed by atoms with Crippen LogP contribution in [0.15, 0.2) is 519 Å². The number of para-hydroxylation sites is 2. The highest BCUT2D eigenvalue weighted by Crippen LogP contribution is 2.43. The van der Waals surface area contributed by atoms with Crippen LogP contribution < -0.4 is 0 Å². The Morgan fingerprint density at radius 1 is 0.169 bits per heavy atom. The highest BCUT2D eigenvalue weighted by Gasteiger charge is 2.18. The lowest BCUT2D eigenvalue weighted by molar-refractivity contribution is 0.602. The zero-order valence-electron chi connectivity index (χ0n) is 79.7. The van der Waals surface area contributed by atoms with Crippen molar-refractivity contribution in [2.45, 2.75) is 0 Å². The van der Waals surface area contributed by atoms with Crippen LogP contribution >= 0.6 is 22.7 Å². The predicted molar refractivity (Wildman–Crippen MR) is 621 cm³/mol. The minimum absolute atomic E-state index is 0.818. The van der Waals surface area contributed by atoms with Crippen LogP contribution in [0.5, 0.6) is 0 Å². The van der Waals surface area contributed by atoms with E-state index in [2.05, 4.69) is 465 Å². The lowest BCUT2D eigenvalue weighted by Gasteiger charge is -2.11. The average molecular weight is 1930 g/mol. The lowest BCUT2D eigenvalue weighted by Crippen LogP contribution is -1.85. The van der Waals surface area contributed by atoms with Crippen LogP contribution in [0.1, 0.15) is 0 Å². The molecule has 31 aromatic rings. The molecule has 0 aliphatic heterocycles. The summed E-state index contributed by atoms with van der Waals surface area (Å²) in [6.07, 6.45) is 10.1. The molecule has 0 amide bonds. The molecule has 692 valence electrons. The number of oxazole rings is 2. The second-order valence-corrected chi connectivity index (χ2v) is 39.1. The van der Waals surface area contributed by atoms with Gasteiger partial charge in [-0.05, 0) is 325 Å². The van der Waals surface area contributed by atoms with Gasteiger partial charge in [0.05, 0.1) is 48.0 Å². The molecule has 0 aliphatic carbocycles. The zero-order chi connectivity index (χ0) is 97.9. The van der Waals surface area contributed by atoms with Gasteiger partial charge in [-0.1, -0.05) is 328 Å². The van der Waals surface area contributed by atoms with E-state index in [-0.39, 0.29) is 0 Å². The summed E-state index contributed by atoms with van der Waals surface area (Å²) in [5, 5.41) is 28.7. The van der Waals surface area contributed by atoms with E-state index < -0.39 is 0 Å². The predicted octanol–water partition coefficient (Wildman–Crippen LogP) is 37.5. The van der Waals surface area contributed by atoms with E-state index in [1.807, 2.05) is 66.0 Å². The summed E-state index contributed by atoms with van der Waals surface area (Å²) in [4.78, 5) is 34.7. The molecule has 0 unspecified atom stereocenters. The Morgan fingerprint density at radius 3 is 0.892 bits per heavy atom. The van der Waals surface area contributed by atoms with Crippen molar-refractivity contribution in [2.75, 3.05) is 0 Å². The first-order valence-corrected chi connectivity index (χ1v) is 51.1. The Kier molecular flexibility index (Phi) is 22.5. The van der Waals surface area contributed by atoms with Gasteiger partial charge in [0.25, 0.3) is 0 Å². The molecule has 0 atom stereocenters. The van der Waals surface area contributed by atoms with Gasteiger partial charge in [-0.15, -0.1) is 22.7 Å². The molecule has 0 N–H and O–H groups in total. The molecular weight excluding hydrogens is 1840 g/mol. The van der Waals surface area contributed by atoms with Crippen LogP contribution in [0, 0.1) is 0 Å². The fraction of sp³-hybridized carbons (Fsp3) is 0. The maximum absolute atomic E-state index is 5.64. The molecule has 0 radical (unpaired) electrons. The number of benzene rings is 24. The number of fused-ring (bicyclic) bond motifs is 22. The van der Waals surface area contributed by atoms with Crippen molar-refractivity contribution in [2.24, 2.45) is 0 Å². The summed E-state index contributed by atoms with van der Waals surface area (Å²) in [6.45, 7) is 0. The van der Waals surface area contributed by atoms with Crippen molar-refractivity contribution in [1.82, 2.24) is 39.9 Å². The normalized spacial score (nSPS) is 11.5. The van der Waals surface area contributed by atoms with Crippen LogP contribution in [0.25, 0.3) is 283 Å². The third-order valence-electron chi connectivity index (χ3n) is 28.7. The van der Waals surface area contributed by atoms with E-state index in [0.29, 0.717) is 0 Å². The van der Waals surface area contributed by atoms with E-state index in [1.54, 1.807) is 29.0 Å². The molecule has 10 nitrogen and oxygen atoms in total. The van der Waals surface area contributed by atoms with Crippen molar-refractivity contribution in [3.05, 3.63) is 510 Å². The van der Waals surface area contributed by atoms with Crippen molar-refractivity contribution in [3.63, 3.8) is 0 Å².